The third-order valence-electron chi connectivity index (χ3n) is 11.1. The Bertz CT molecular complexity index is 2060. The van der Waals surface area contributed by atoms with Crippen molar-refractivity contribution < 1.29 is 0 Å². The van der Waals surface area contributed by atoms with E-state index in [1.807, 2.05) is 37.3 Å². The lowest BCUT2D eigenvalue weighted by Crippen LogP contribution is -2.36. The summed E-state index contributed by atoms with van der Waals surface area (Å²) < 4.78 is 0. The van der Waals surface area contributed by atoms with Gasteiger partial charge in [-0.1, -0.05) is 138 Å². The van der Waals surface area contributed by atoms with Gasteiger partial charge in [0.2, 0.25) is 11.2 Å². The quantitative estimate of drug-likeness (QED) is 0.102. The molecular formula is C47H61ClN8. The van der Waals surface area contributed by atoms with Crippen LogP contribution in [0.2, 0.25) is 5.28 Å². The van der Waals surface area contributed by atoms with Crippen molar-refractivity contribution in [2.75, 3.05) is 42.1 Å². The topological polar surface area (TPSA) is 114 Å². The van der Waals surface area contributed by atoms with Gasteiger partial charge in [-0.2, -0.15) is 4.98 Å². The Hall–Kier alpha value is -4.79. The molecule has 0 saturated heterocycles. The molecule has 2 heterocycles. The molecule has 2 aliphatic rings. The molecule has 8 rings (SSSR count). The summed E-state index contributed by atoms with van der Waals surface area (Å²) in [6.45, 7) is 7.31. The van der Waals surface area contributed by atoms with Crippen LogP contribution in [0, 0.1) is 0 Å². The van der Waals surface area contributed by atoms with Gasteiger partial charge in [-0.25, -0.2) is 15.0 Å². The SMILES string of the molecule is C.CCN.CCNc1nc(NCC2(c3ccccc3)CCCCC2)c2ccccc2n1.Clc1nc(NCC2(c3ccccc3)CCCCC2)c2ccccc2n1. The monoisotopic (exact) mass is 772 g/mol. The number of nitrogens with two attached hydrogens (primary N) is 1. The summed E-state index contributed by atoms with van der Waals surface area (Å²) in [5, 5.41) is 13.0. The van der Waals surface area contributed by atoms with Crippen molar-refractivity contribution in [3.63, 3.8) is 0 Å². The summed E-state index contributed by atoms with van der Waals surface area (Å²) in [4.78, 5) is 18.2. The van der Waals surface area contributed by atoms with Crippen LogP contribution in [0.25, 0.3) is 21.8 Å². The van der Waals surface area contributed by atoms with E-state index in [2.05, 4.69) is 117 Å². The summed E-state index contributed by atoms with van der Waals surface area (Å²) in [6.07, 6.45) is 12.7. The zero-order chi connectivity index (χ0) is 38.4. The number of hydrogen-bond donors (Lipinski definition) is 4. The van der Waals surface area contributed by atoms with Crippen molar-refractivity contribution in [2.45, 2.75) is 96.3 Å². The molecule has 56 heavy (non-hydrogen) atoms. The van der Waals surface area contributed by atoms with Crippen molar-refractivity contribution in [1.82, 2.24) is 19.9 Å². The standard InChI is InChI=1S/C23H28N4.C21H22ClN3.C2H7N.CH4/c1-2-24-22-26-20-14-8-7-13-19(20)21(27-22)25-17-23(15-9-4-10-16-23)18-11-5-3-6-12-18;22-20-24-18-12-6-5-11-17(18)19(25-20)23-15-21(13-7-2-8-14-21)16-9-3-1-4-10-16;1-2-3;/h3,5-8,11-14H,2,4,9-10,15-17H2,1H3,(H2,24,25,26,27);1,3-6,9-12H,2,7-8,13-15H2,(H,23,24,25);2-3H2,1H3;1H4. The summed E-state index contributed by atoms with van der Waals surface area (Å²) >= 11 is 6.13. The van der Waals surface area contributed by atoms with Gasteiger partial charge in [0.05, 0.1) is 11.0 Å². The van der Waals surface area contributed by atoms with E-state index in [9.17, 15) is 0 Å². The molecule has 0 spiro atoms. The zero-order valence-corrected chi connectivity index (χ0v) is 33.3. The second-order valence-electron chi connectivity index (χ2n) is 14.8. The molecule has 0 unspecified atom stereocenters. The average molecular weight is 774 g/mol. The molecular weight excluding hydrogens is 712 g/mol. The molecule has 2 aliphatic carbocycles. The Labute approximate surface area is 339 Å². The summed E-state index contributed by atoms with van der Waals surface area (Å²) in [5.74, 6) is 2.45. The first kappa shape index (κ1) is 42.4. The van der Waals surface area contributed by atoms with Gasteiger partial charge in [0, 0.05) is 41.2 Å². The zero-order valence-electron chi connectivity index (χ0n) is 32.5. The van der Waals surface area contributed by atoms with E-state index in [-0.39, 0.29) is 18.3 Å². The number of nitrogens with one attached hydrogen (secondary N) is 3. The molecule has 5 N–H and O–H groups in total. The van der Waals surface area contributed by atoms with Crippen LogP contribution in [0.15, 0.2) is 109 Å². The molecule has 4 aromatic carbocycles. The highest BCUT2D eigenvalue weighted by molar-refractivity contribution is 6.28. The first-order valence-corrected chi connectivity index (χ1v) is 20.6. The van der Waals surface area contributed by atoms with Crippen molar-refractivity contribution in [2.24, 2.45) is 5.73 Å². The van der Waals surface area contributed by atoms with Crippen LogP contribution in [0.4, 0.5) is 17.6 Å². The lowest BCUT2D eigenvalue weighted by molar-refractivity contribution is 0.308. The molecule has 9 heteroatoms. The normalized spacial score (nSPS) is 15.6. The lowest BCUT2D eigenvalue weighted by Gasteiger charge is -2.38. The second-order valence-corrected chi connectivity index (χ2v) is 15.2. The smallest absolute Gasteiger partial charge is 0.225 e. The number of para-hydroxylation sites is 2. The summed E-state index contributed by atoms with van der Waals surface area (Å²) in [5.41, 5.74) is 9.92. The van der Waals surface area contributed by atoms with Crippen molar-refractivity contribution in [3.05, 3.63) is 126 Å². The molecule has 8 nitrogen and oxygen atoms in total. The van der Waals surface area contributed by atoms with Gasteiger partial charge in [0.25, 0.3) is 0 Å². The fraction of sp³-hybridized carbons (Fsp3) is 0.404. The van der Waals surface area contributed by atoms with Crippen LogP contribution in [0.1, 0.15) is 96.6 Å². The molecule has 0 amide bonds. The maximum absolute atomic E-state index is 6.13. The minimum Gasteiger partial charge on any atom is -0.369 e. The predicted octanol–water partition coefficient (Wildman–Crippen LogP) is 11.6. The van der Waals surface area contributed by atoms with Gasteiger partial charge < -0.3 is 21.7 Å². The molecule has 0 bridgehead atoms. The second kappa shape index (κ2) is 20.9. The Kier molecular flexibility index (Phi) is 15.8. The van der Waals surface area contributed by atoms with Gasteiger partial charge in [-0.15, -0.1) is 0 Å². The molecule has 2 aromatic heterocycles. The Morgan fingerprint density at radius 1 is 0.536 bits per heavy atom. The lowest BCUT2D eigenvalue weighted by atomic mass is 9.69. The van der Waals surface area contributed by atoms with E-state index >= 15 is 0 Å². The number of aromatic nitrogens is 4. The summed E-state index contributed by atoms with van der Waals surface area (Å²) in [6, 6.07) is 38.1. The molecule has 0 atom stereocenters. The number of fused-ring (bicyclic) bond motifs is 2. The third-order valence-corrected chi connectivity index (χ3v) is 11.3. The van der Waals surface area contributed by atoms with Crippen molar-refractivity contribution in [3.8, 4) is 0 Å². The molecule has 2 fully saturated rings. The number of halogens is 1. The Morgan fingerprint density at radius 2 is 0.946 bits per heavy atom. The highest BCUT2D eigenvalue weighted by Crippen LogP contribution is 2.41. The van der Waals surface area contributed by atoms with E-state index in [0.29, 0.717) is 11.2 Å². The van der Waals surface area contributed by atoms with Crippen LogP contribution in [0.3, 0.4) is 0 Å². The number of benzene rings is 4. The molecule has 0 aliphatic heterocycles. The minimum atomic E-state index is 0. The van der Waals surface area contributed by atoms with Crippen LogP contribution in [-0.4, -0.2) is 46.1 Å². The van der Waals surface area contributed by atoms with Gasteiger partial charge >= 0.3 is 0 Å². The fourth-order valence-electron chi connectivity index (χ4n) is 8.31. The largest absolute Gasteiger partial charge is 0.369 e. The van der Waals surface area contributed by atoms with E-state index in [0.717, 1.165) is 59.6 Å². The maximum Gasteiger partial charge on any atom is 0.225 e. The average Bonchev–Trinajstić information content (AvgIpc) is 3.24. The first-order chi connectivity index (χ1) is 27.0. The molecule has 0 radical (unpaired) electrons. The van der Waals surface area contributed by atoms with Crippen LogP contribution >= 0.6 is 11.6 Å². The molecule has 2 saturated carbocycles. The van der Waals surface area contributed by atoms with Gasteiger partial charge in [0.1, 0.15) is 11.6 Å². The number of rotatable bonds is 10. The third kappa shape index (κ3) is 10.5. The number of hydrogen-bond acceptors (Lipinski definition) is 8. The fourth-order valence-corrected chi connectivity index (χ4v) is 8.49. The Balaban J connectivity index is 0.000000198. The van der Waals surface area contributed by atoms with Gasteiger partial charge in [-0.05, 0) is 86.1 Å². The maximum atomic E-state index is 6.13. The Morgan fingerprint density at radius 3 is 1.41 bits per heavy atom. The van der Waals surface area contributed by atoms with Crippen LogP contribution in [-0.2, 0) is 10.8 Å². The van der Waals surface area contributed by atoms with E-state index in [1.165, 1.54) is 75.3 Å². The first-order valence-electron chi connectivity index (χ1n) is 20.2. The highest BCUT2D eigenvalue weighted by atomic mass is 35.5. The number of anilines is 3. The van der Waals surface area contributed by atoms with E-state index < -0.39 is 0 Å². The molecule has 6 aromatic rings. The summed E-state index contributed by atoms with van der Waals surface area (Å²) in [7, 11) is 0. The molecule has 296 valence electrons. The van der Waals surface area contributed by atoms with Crippen molar-refractivity contribution in [1.29, 1.82) is 0 Å². The number of nitrogens with zero attached hydrogens (tertiary/aromatic N) is 4. The highest BCUT2D eigenvalue weighted by Gasteiger charge is 2.35. The predicted molar refractivity (Wildman–Crippen MR) is 239 cm³/mol. The van der Waals surface area contributed by atoms with Crippen molar-refractivity contribution >= 4 is 51.0 Å². The van der Waals surface area contributed by atoms with Crippen LogP contribution in [0.5, 0.6) is 0 Å². The van der Waals surface area contributed by atoms with E-state index in [1.54, 1.807) is 0 Å². The minimum absolute atomic E-state index is 0. The van der Waals surface area contributed by atoms with Crippen LogP contribution < -0.4 is 21.7 Å². The van der Waals surface area contributed by atoms with Gasteiger partial charge in [0.15, 0.2) is 0 Å². The van der Waals surface area contributed by atoms with E-state index in [4.69, 9.17) is 22.3 Å². The van der Waals surface area contributed by atoms with Gasteiger partial charge in [-0.3, -0.25) is 0 Å².